The topological polar surface area (TPSA) is 38.3 Å². The Labute approximate surface area is 91.6 Å². The first-order valence-electron chi connectivity index (χ1n) is 5.36. The second kappa shape index (κ2) is 4.57. The van der Waals surface area contributed by atoms with Gasteiger partial charge in [0.25, 0.3) is 0 Å². The van der Waals surface area contributed by atoms with E-state index in [9.17, 15) is 4.79 Å². The number of nitrogens with one attached hydrogen (secondary N) is 1. The predicted molar refractivity (Wildman–Crippen MR) is 59.3 cm³/mol. The van der Waals surface area contributed by atoms with E-state index in [-0.39, 0.29) is 12.1 Å². The Kier molecular flexibility index (Phi) is 3.62. The number of carbonyl (C=O) groups excluding carboxylic acids is 1. The molecule has 0 aromatic carbocycles. The van der Waals surface area contributed by atoms with Crippen LogP contribution in [0.5, 0.6) is 0 Å². The van der Waals surface area contributed by atoms with Crippen LogP contribution in [-0.2, 0) is 4.74 Å². The van der Waals surface area contributed by atoms with E-state index in [1.165, 1.54) is 0 Å². The highest BCUT2D eigenvalue weighted by atomic mass is 16.6. The molecule has 1 saturated carbocycles. The van der Waals surface area contributed by atoms with Crippen molar-refractivity contribution in [1.29, 1.82) is 0 Å². The Morgan fingerprint density at radius 1 is 1.47 bits per heavy atom. The molecule has 1 N–H and O–H groups in total. The number of carbonyl (C=O) groups is 1. The van der Waals surface area contributed by atoms with Crippen LogP contribution in [0.15, 0.2) is 0 Å². The minimum absolute atomic E-state index is 0.181. The van der Waals surface area contributed by atoms with E-state index in [0.717, 1.165) is 19.3 Å². The van der Waals surface area contributed by atoms with Gasteiger partial charge in [0.1, 0.15) is 5.60 Å². The lowest BCUT2D eigenvalue weighted by atomic mass is 10.1. The molecule has 1 amide bonds. The molecule has 1 rings (SSSR count). The monoisotopic (exact) mass is 209 g/mol. The summed E-state index contributed by atoms with van der Waals surface area (Å²) in [4.78, 5) is 11.4. The Morgan fingerprint density at radius 3 is 2.60 bits per heavy atom. The second-order valence-corrected chi connectivity index (χ2v) is 5.02. The molecule has 0 heterocycles. The van der Waals surface area contributed by atoms with Gasteiger partial charge in [-0.15, -0.1) is 12.3 Å². The summed E-state index contributed by atoms with van der Waals surface area (Å²) in [5.74, 6) is 3.03. The van der Waals surface area contributed by atoms with Crippen molar-refractivity contribution in [3.63, 3.8) is 0 Å². The Hall–Kier alpha value is -1.17. The minimum atomic E-state index is -0.436. The Balaban J connectivity index is 2.32. The third-order valence-corrected chi connectivity index (χ3v) is 2.39. The zero-order valence-corrected chi connectivity index (χ0v) is 9.67. The molecule has 1 aliphatic rings. The summed E-state index contributed by atoms with van der Waals surface area (Å²) < 4.78 is 5.17. The molecule has 15 heavy (non-hydrogen) atoms. The third-order valence-electron chi connectivity index (χ3n) is 2.39. The standard InChI is InChI=1S/C12H19NO2/c1-5-9-6-7-10(8-9)13-11(14)15-12(2,3)4/h1,9-10H,6-8H2,2-4H3,(H,13,14)/t9-,10+/m0/s1. The van der Waals surface area contributed by atoms with E-state index in [0.29, 0.717) is 5.92 Å². The fourth-order valence-corrected chi connectivity index (χ4v) is 1.74. The highest BCUT2D eigenvalue weighted by molar-refractivity contribution is 5.68. The maximum atomic E-state index is 11.4. The largest absolute Gasteiger partial charge is 0.444 e. The molecule has 0 unspecified atom stereocenters. The van der Waals surface area contributed by atoms with Crippen LogP contribution in [0.4, 0.5) is 4.79 Å². The fourth-order valence-electron chi connectivity index (χ4n) is 1.74. The zero-order valence-electron chi connectivity index (χ0n) is 9.67. The minimum Gasteiger partial charge on any atom is -0.444 e. The van der Waals surface area contributed by atoms with Gasteiger partial charge in [-0.1, -0.05) is 0 Å². The molecular formula is C12H19NO2. The van der Waals surface area contributed by atoms with Gasteiger partial charge in [0.2, 0.25) is 0 Å². The van der Waals surface area contributed by atoms with Gasteiger partial charge in [-0.05, 0) is 40.0 Å². The first-order valence-corrected chi connectivity index (χ1v) is 5.36. The second-order valence-electron chi connectivity index (χ2n) is 5.02. The number of hydrogen-bond acceptors (Lipinski definition) is 2. The van der Waals surface area contributed by atoms with Crippen molar-refractivity contribution < 1.29 is 9.53 Å². The third kappa shape index (κ3) is 4.24. The van der Waals surface area contributed by atoms with E-state index in [4.69, 9.17) is 11.2 Å². The number of ether oxygens (including phenoxy) is 1. The van der Waals surface area contributed by atoms with Crippen molar-refractivity contribution in [1.82, 2.24) is 5.32 Å². The molecule has 84 valence electrons. The molecule has 3 heteroatoms. The van der Waals surface area contributed by atoms with Gasteiger partial charge < -0.3 is 10.1 Å². The summed E-state index contributed by atoms with van der Waals surface area (Å²) in [5.41, 5.74) is -0.436. The number of alkyl carbamates (subject to hydrolysis) is 1. The van der Waals surface area contributed by atoms with Crippen LogP contribution in [0.25, 0.3) is 0 Å². The van der Waals surface area contributed by atoms with Crippen molar-refractivity contribution >= 4 is 6.09 Å². The van der Waals surface area contributed by atoms with Gasteiger partial charge >= 0.3 is 6.09 Å². The van der Waals surface area contributed by atoms with E-state index >= 15 is 0 Å². The molecule has 3 nitrogen and oxygen atoms in total. The lowest BCUT2D eigenvalue weighted by Crippen LogP contribution is -2.37. The van der Waals surface area contributed by atoms with Crippen LogP contribution >= 0.6 is 0 Å². The molecule has 0 radical (unpaired) electrons. The van der Waals surface area contributed by atoms with Crippen molar-refractivity contribution in [2.75, 3.05) is 0 Å². The zero-order chi connectivity index (χ0) is 11.5. The van der Waals surface area contributed by atoms with E-state index in [1.54, 1.807) is 0 Å². The first kappa shape index (κ1) is 11.9. The van der Waals surface area contributed by atoms with Gasteiger partial charge in [0.05, 0.1) is 0 Å². The molecule has 0 saturated heterocycles. The average Bonchev–Trinajstić information content (AvgIpc) is 2.48. The molecule has 1 aliphatic carbocycles. The number of terminal acetylenes is 1. The quantitative estimate of drug-likeness (QED) is 0.673. The number of rotatable bonds is 1. The SMILES string of the molecule is C#C[C@H]1CC[C@@H](NC(=O)OC(C)(C)C)C1. The summed E-state index contributed by atoms with van der Waals surface area (Å²) in [5, 5.41) is 2.84. The van der Waals surface area contributed by atoms with Crippen LogP contribution in [0.1, 0.15) is 40.0 Å². The van der Waals surface area contributed by atoms with Gasteiger partial charge in [0.15, 0.2) is 0 Å². The van der Waals surface area contributed by atoms with Gasteiger partial charge in [-0.3, -0.25) is 0 Å². The number of hydrogen-bond donors (Lipinski definition) is 1. The maximum Gasteiger partial charge on any atom is 0.407 e. The molecular weight excluding hydrogens is 190 g/mol. The van der Waals surface area contributed by atoms with Crippen molar-refractivity contribution in [2.24, 2.45) is 5.92 Å². The molecule has 0 aliphatic heterocycles. The van der Waals surface area contributed by atoms with Crippen molar-refractivity contribution in [3.05, 3.63) is 0 Å². The van der Waals surface area contributed by atoms with Crippen LogP contribution < -0.4 is 5.32 Å². The van der Waals surface area contributed by atoms with Crippen LogP contribution in [0, 0.1) is 18.3 Å². The summed E-state index contributed by atoms with van der Waals surface area (Å²) in [6.45, 7) is 5.56. The molecule has 2 atom stereocenters. The molecule has 0 spiro atoms. The normalized spacial score (nSPS) is 25.7. The van der Waals surface area contributed by atoms with Crippen LogP contribution in [-0.4, -0.2) is 17.7 Å². The first-order chi connectivity index (χ1) is 6.90. The lowest BCUT2D eigenvalue weighted by molar-refractivity contribution is 0.0505. The van der Waals surface area contributed by atoms with Crippen molar-refractivity contribution in [2.45, 2.75) is 51.7 Å². The van der Waals surface area contributed by atoms with Crippen LogP contribution in [0.2, 0.25) is 0 Å². The molecule has 0 aromatic rings. The molecule has 0 bridgehead atoms. The fraction of sp³-hybridized carbons (Fsp3) is 0.750. The van der Waals surface area contributed by atoms with Gasteiger partial charge in [0, 0.05) is 12.0 Å². The summed E-state index contributed by atoms with van der Waals surface area (Å²) in [6, 6.07) is 0.181. The summed E-state index contributed by atoms with van der Waals surface area (Å²) >= 11 is 0. The summed E-state index contributed by atoms with van der Waals surface area (Å²) in [7, 11) is 0. The van der Waals surface area contributed by atoms with E-state index < -0.39 is 5.60 Å². The molecule has 1 fully saturated rings. The van der Waals surface area contributed by atoms with Crippen molar-refractivity contribution in [3.8, 4) is 12.3 Å². The average molecular weight is 209 g/mol. The van der Waals surface area contributed by atoms with Gasteiger partial charge in [-0.2, -0.15) is 0 Å². The van der Waals surface area contributed by atoms with E-state index in [1.807, 2.05) is 20.8 Å². The highest BCUT2D eigenvalue weighted by Crippen LogP contribution is 2.24. The van der Waals surface area contributed by atoms with Gasteiger partial charge in [-0.25, -0.2) is 4.79 Å². The maximum absolute atomic E-state index is 11.4. The predicted octanol–water partition coefficient (Wildman–Crippen LogP) is 2.31. The number of amides is 1. The lowest BCUT2D eigenvalue weighted by Gasteiger charge is -2.21. The highest BCUT2D eigenvalue weighted by Gasteiger charge is 2.26. The smallest absolute Gasteiger partial charge is 0.407 e. The molecule has 0 aromatic heterocycles. The summed E-state index contributed by atoms with van der Waals surface area (Å²) in [6.07, 6.45) is 7.81. The van der Waals surface area contributed by atoms with E-state index in [2.05, 4.69) is 11.2 Å². The Morgan fingerprint density at radius 2 is 2.13 bits per heavy atom. The Bertz CT molecular complexity index is 272. The van der Waals surface area contributed by atoms with Crippen LogP contribution in [0.3, 0.4) is 0 Å².